The van der Waals surface area contributed by atoms with E-state index in [0.717, 1.165) is 17.7 Å². The second-order valence-corrected chi connectivity index (χ2v) is 4.69. The van der Waals surface area contributed by atoms with Gasteiger partial charge in [0.05, 0.1) is 12.7 Å². The molecule has 0 aliphatic heterocycles. The molecule has 21 heavy (non-hydrogen) atoms. The summed E-state index contributed by atoms with van der Waals surface area (Å²) < 4.78 is 10.8. The lowest BCUT2D eigenvalue weighted by molar-refractivity contribution is 0.368. The smallest absolute Gasteiger partial charge is 0.208 e. The predicted molar refractivity (Wildman–Crippen MR) is 78.7 cm³/mol. The summed E-state index contributed by atoms with van der Waals surface area (Å²) in [6, 6.07) is 9.82. The van der Waals surface area contributed by atoms with Crippen molar-refractivity contribution in [1.82, 2.24) is 10.3 Å². The number of aryl methyl sites for hydroxylation is 1. The Kier molecular flexibility index (Phi) is 5.35. The van der Waals surface area contributed by atoms with Gasteiger partial charge in [0.15, 0.2) is 6.61 Å². The zero-order valence-corrected chi connectivity index (χ0v) is 12.3. The number of nitriles is 1. The van der Waals surface area contributed by atoms with Gasteiger partial charge < -0.3 is 14.5 Å². The molecule has 1 atom stereocenters. The third-order valence-electron chi connectivity index (χ3n) is 3.19. The van der Waals surface area contributed by atoms with Crippen LogP contribution in [0.4, 0.5) is 0 Å². The van der Waals surface area contributed by atoms with E-state index in [1.165, 1.54) is 0 Å². The largest absolute Gasteiger partial charge is 0.479 e. The number of ether oxygens (including phenoxy) is 1. The third-order valence-corrected chi connectivity index (χ3v) is 3.19. The molecule has 110 valence electrons. The van der Waals surface area contributed by atoms with Gasteiger partial charge in [-0.15, -0.1) is 0 Å². The second-order valence-electron chi connectivity index (χ2n) is 4.69. The van der Waals surface area contributed by atoms with E-state index in [2.05, 4.69) is 17.2 Å². The Balaban J connectivity index is 1.87. The van der Waals surface area contributed by atoms with Gasteiger partial charge in [-0.1, -0.05) is 19.1 Å². The molecule has 0 radical (unpaired) electrons. The molecule has 1 aromatic heterocycles. The van der Waals surface area contributed by atoms with Gasteiger partial charge in [-0.3, -0.25) is 0 Å². The van der Waals surface area contributed by atoms with Crippen LogP contribution in [0.3, 0.4) is 0 Å². The molecule has 2 rings (SSSR count). The van der Waals surface area contributed by atoms with Gasteiger partial charge in [0.1, 0.15) is 17.6 Å². The van der Waals surface area contributed by atoms with Gasteiger partial charge >= 0.3 is 0 Å². The molecule has 1 unspecified atom stereocenters. The number of rotatable bonds is 7. The van der Waals surface area contributed by atoms with Crippen molar-refractivity contribution in [3.8, 4) is 11.8 Å². The van der Waals surface area contributed by atoms with Gasteiger partial charge in [0.25, 0.3) is 0 Å². The molecule has 0 bridgehead atoms. The first-order valence-electron chi connectivity index (χ1n) is 6.99. The highest BCUT2D eigenvalue weighted by Crippen LogP contribution is 2.18. The highest BCUT2D eigenvalue weighted by atomic mass is 16.5. The topological polar surface area (TPSA) is 71.1 Å². The van der Waals surface area contributed by atoms with Gasteiger partial charge in [0.2, 0.25) is 5.89 Å². The van der Waals surface area contributed by atoms with Crippen molar-refractivity contribution in [3.63, 3.8) is 0 Å². The molecule has 0 amide bonds. The number of hydrogen-bond acceptors (Lipinski definition) is 5. The quantitative estimate of drug-likeness (QED) is 0.846. The Morgan fingerprint density at radius 2 is 2.14 bits per heavy atom. The fraction of sp³-hybridized carbons (Fsp3) is 0.375. The van der Waals surface area contributed by atoms with E-state index in [4.69, 9.17) is 14.4 Å². The minimum atomic E-state index is 0.0665. The molecule has 2 aromatic rings. The molecule has 5 nitrogen and oxygen atoms in total. The molecule has 1 aromatic carbocycles. The molecular formula is C16H19N3O2. The summed E-state index contributed by atoms with van der Waals surface area (Å²) in [7, 11) is 0. The number of aromatic nitrogens is 1. The lowest BCUT2D eigenvalue weighted by Gasteiger charge is -2.13. The highest BCUT2D eigenvalue weighted by molar-refractivity contribution is 5.29. The maximum absolute atomic E-state index is 8.47. The van der Waals surface area contributed by atoms with Crippen LogP contribution in [0.5, 0.6) is 5.75 Å². The van der Waals surface area contributed by atoms with E-state index in [0.29, 0.717) is 18.2 Å². The van der Waals surface area contributed by atoms with Crippen LogP contribution in [-0.2, 0) is 13.0 Å². The van der Waals surface area contributed by atoms with Crippen LogP contribution in [0, 0.1) is 11.3 Å². The lowest BCUT2D eigenvalue weighted by Crippen LogP contribution is -2.18. The predicted octanol–water partition coefficient (Wildman–Crippen LogP) is 2.99. The van der Waals surface area contributed by atoms with E-state index >= 15 is 0 Å². The summed E-state index contributed by atoms with van der Waals surface area (Å²) in [4.78, 5) is 4.22. The zero-order chi connectivity index (χ0) is 15.1. The Bertz CT molecular complexity index is 599. The van der Waals surface area contributed by atoms with Crippen molar-refractivity contribution in [2.75, 3.05) is 6.61 Å². The standard InChI is InChI=1S/C16H19N3O2/c1-3-14-10-19-16(21-14)11-18-12(2)13-4-6-15(7-5-13)20-9-8-17/h4-7,10,12,18H,3,9,11H2,1-2H3. The van der Waals surface area contributed by atoms with Crippen molar-refractivity contribution in [3.05, 3.63) is 47.7 Å². The fourth-order valence-electron chi connectivity index (χ4n) is 1.92. The van der Waals surface area contributed by atoms with E-state index in [-0.39, 0.29) is 12.6 Å². The summed E-state index contributed by atoms with van der Waals surface area (Å²) in [6.07, 6.45) is 2.62. The summed E-state index contributed by atoms with van der Waals surface area (Å²) >= 11 is 0. The SMILES string of the molecule is CCc1cnc(CNC(C)c2ccc(OCC#N)cc2)o1. The molecule has 0 saturated carbocycles. The highest BCUT2D eigenvalue weighted by Gasteiger charge is 2.08. The van der Waals surface area contributed by atoms with Crippen LogP contribution < -0.4 is 10.1 Å². The van der Waals surface area contributed by atoms with E-state index in [1.807, 2.05) is 37.3 Å². The molecular weight excluding hydrogens is 266 g/mol. The van der Waals surface area contributed by atoms with E-state index in [9.17, 15) is 0 Å². The molecule has 0 aliphatic rings. The van der Waals surface area contributed by atoms with Gasteiger partial charge in [0, 0.05) is 12.5 Å². The molecule has 1 N–H and O–H groups in total. The zero-order valence-electron chi connectivity index (χ0n) is 12.3. The number of hydrogen-bond donors (Lipinski definition) is 1. The Labute approximate surface area is 124 Å². The molecule has 0 spiro atoms. The second kappa shape index (κ2) is 7.46. The van der Waals surface area contributed by atoms with Crippen molar-refractivity contribution in [2.24, 2.45) is 0 Å². The molecule has 0 fully saturated rings. The normalized spacial score (nSPS) is 11.9. The molecule has 0 saturated heterocycles. The summed E-state index contributed by atoms with van der Waals surface area (Å²) in [5.41, 5.74) is 1.14. The van der Waals surface area contributed by atoms with Gasteiger partial charge in [-0.25, -0.2) is 4.98 Å². The maximum atomic E-state index is 8.47. The van der Waals surface area contributed by atoms with Crippen LogP contribution >= 0.6 is 0 Å². The van der Waals surface area contributed by atoms with Crippen molar-refractivity contribution >= 4 is 0 Å². The number of nitrogens with one attached hydrogen (secondary N) is 1. The first kappa shape index (κ1) is 15.1. The fourth-order valence-corrected chi connectivity index (χ4v) is 1.92. The lowest BCUT2D eigenvalue weighted by atomic mass is 10.1. The minimum Gasteiger partial charge on any atom is -0.479 e. The number of benzene rings is 1. The van der Waals surface area contributed by atoms with Crippen molar-refractivity contribution in [2.45, 2.75) is 32.9 Å². The first-order valence-corrected chi connectivity index (χ1v) is 6.99. The van der Waals surface area contributed by atoms with Crippen LogP contribution in [0.1, 0.15) is 37.1 Å². The van der Waals surface area contributed by atoms with E-state index in [1.54, 1.807) is 6.20 Å². The van der Waals surface area contributed by atoms with Gasteiger partial charge in [-0.05, 0) is 24.6 Å². The van der Waals surface area contributed by atoms with E-state index < -0.39 is 0 Å². The molecule has 1 heterocycles. The van der Waals surface area contributed by atoms with Crippen molar-refractivity contribution in [1.29, 1.82) is 5.26 Å². The summed E-state index contributed by atoms with van der Waals surface area (Å²) in [6.45, 7) is 4.77. The average molecular weight is 285 g/mol. The van der Waals surface area contributed by atoms with Crippen LogP contribution in [-0.4, -0.2) is 11.6 Å². The Morgan fingerprint density at radius 1 is 1.38 bits per heavy atom. The molecule has 5 heteroatoms. The van der Waals surface area contributed by atoms with Crippen LogP contribution in [0.25, 0.3) is 0 Å². The maximum Gasteiger partial charge on any atom is 0.208 e. The minimum absolute atomic E-state index is 0.0665. The van der Waals surface area contributed by atoms with Crippen molar-refractivity contribution < 1.29 is 9.15 Å². The van der Waals surface area contributed by atoms with Gasteiger partial charge in [-0.2, -0.15) is 5.26 Å². The molecule has 0 aliphatic carbocycles. The monoisotopic (exact) mass is 285 g/mol. The van der Waals surface area contributed by atoms with Crippen LogP contribution in [0.2, 0.25) is 0 Å². The Morgan fingerprint density at radius 3 is 2.76 bits per heavy atom. The third kappa shape index (κ3) is 4.33. The number of oxazole rings is 1. The van der Waals surface area contributed by atoms with Crippen LogP contribution in [0.15, 0.2) is 34.9 Å². The Hall–Kier alpha value is -2.32. The number of nitrogens with zero attached hydrogens (tertiary/aromatic N) is 2. The average Bonchev–Trinajstić information content (AvgIpc) is 2.99. The summed E-state index contributed by atoms with van der Waals surface area (Å²) in [5, 5.41) is 11.8. The first-order chi connectivity index (χ1) is 10.2. The summed E-state index contributed by atoms with van der Waals surface area (Å²) in [5.74, 6) is 2.30.